The Kier molecular flexibility index (Phi) is 5.06. The van der Waals surface area contributed by atoms with Crippen LogP contribution in [-0.2, 0) is 4.74 Å². The second kappa shape index (κ2) is 6.57. The number of primary amides is 1. The zero-order chi connectivity index (χ0) is 12.7. The van der Waals surface area contributed by atoms with Gasteiger partial charge < -0.3 is 21.1 Å². The van der Waals surface area contributed by atoms with E-state index >= 15 is 0 Å². The Balaban J connectivity index is 2.44. The first-order valence-electron chi connectivity index (χ1n) is 5.45. The van der Waals surface area contributed by atoms with Crippen molar-refractivity contribution in [2.45, 2.75) is 18.9 Å². The van der Waals surface area contributed by atoms with Gasteiger partial charge in [0.2, 0.25) is 5.90 Å². The van der Waals surface area contributed by atoms with E-state index in [1.807, 2.05) is 0 Å². The van der Waals surface area contributed by atoms with Crippen molar-refractivity contribution < 1.29 is 9.53 Å². The number of nitrogens with two attached hydrogens (primary N) is 2. The quantitative estimate of drug-likeness (QED) is 0.555. The predicted molar refractivity (Wildman–Crippen MR) is 66.2 cm³/mol. The average Bonchev–Trinajstić information content (AvgIpc) is 2.35. The topological polar surface area (TPSA) is 93.9 Å². The Morgan fingerprint density at radius 3 is 2.59 bits per heavy atom. The number of likely N-dealkylation sites (tertiary alicyclic amines) is 1. The third-order valence-electron chi connectivity index (χ3n) is 2.50. The van der Waals surface area contributed by atoms with Crippen molar-refractivity contribution in [2.24, 2.45) is 16.5 Å². The molecular formula is C11H18N4O2. The predicted octanol–water partition coefficient (Wildman–Crippen LogP) is 0.561. The summed E-state index contributed by atoms with van der Waals surface area (Å²) in [6.45, 7) is 4.82. The van der Waals surface area contributed by atoms with Crippen LogP contribution in [0.4, 0.5) is 4.79 Å². The second-order valence-electron chi connectivity index (χ2n) is 3.66. The molecule has 0 aromatic heterocycles. The lowest BCUT2D eigenvalue weighted by molar-refractivity contribution is 0.107. The molecule has 0 spiro atoms. The van der Waals surface area contributed by atoms with E-state index in [9.17, 15) is 4.79 Å². The maximum Gasteiger partial charge on any atom is 0.314 e. The van der Waals surface area contributed by atoms with Crippen LogP contribution in [0.25, 0.3) is 0 Å². The van der Waals surface area contributed by atoms with Crippen LogP contribution in [0.3, 0.4) is 0 Å². The zero-order valence-corrected chi connectivity index (χ0v) is 9.71. The van der Waals surface area contributed by atoms with Crippen molar-refractivity contribution in [3.63, 3.8) is 0 Å². The molecule has 0 saturated carbocycles. The molecule has 0 aliphatic carbocycles. The fraction of sp³-hybridized carbons (Fsp3) is 0.455. The fourth-order valence-corrected chi connectivity index (χ4v) is 1.61. The van der Waals surface area contributed by atoms with E-state index in [4.69, 9.17) is 16.2 Å². The zero-order valence-electron chi connectivity index (χ0n) is 9.71. The Bertz CT molecular complexity index is 330. The lowest BCUT2D eigenvalue weighted by Gasteiger charge is -2.30. The lowest BCUT2D eigenvalue weighted by atomic mass is 10.1. The molecule has 0 unspecified atom stereocenters. The van der Waals surface area contributed by atoms with Gasteiger partial charge >= 0.3 is 6.03 Å². The van der Waals surface area contributed by atoms with Gasteiger partial charge in [-0.3, -0.25) is 0 Å². The number of carbonyl (C=O) groups is 1. The van der Waals surface area contributed by atoms with Crippen LogP contribution in [0.1, 0.15) is 12.8 Å². The molecule has 2 amide bonds. The summed E-state index contributed by atoms with van der Waals surface area (Å²) in [5, 5.41) is 0. The molecule has 4 N–H and O–H groups in total. The maximum absolute atomic E-state index is 10.9. The first kappa shape index (κ1) is 13.1. The van der Waals surface area contributed by atoms with Gasteiger partial charge in [-0.05, 0) is 6.08 Å². The number of ether oxygens (including phenoxy) is 1. The molecule has 1 aliphatic rings. The van der Waals surface area contributed by atoms with Gasteiger partial charge in [0, 0.05) is 38.3 Å². The van der Waals surface area contributed by atoms with Gasteiger partial charge in [0.05, 0.1) is 0 Å². The van der Waals surface area contributed by atoms with Crippen molar-refractivity contribution in [2.75, 3.05) is 13.1 Å². The van der Waals surface area contributed by atoms with Gasteiger partial charge in [0.15, 0.2) is 0 Å². The van der Waals surface area contributed by atoms with Crippen LogP contribution >= 0.6 is 0 Å². The molecule has 17 heavy (non-hydrogen) atoms. The smallest absolute Gasteiger partial charge is 0.314 e. The van der Waals surface area contributed by atoms with Crippen molar-refractivity contribution >= 4 is 11.9 Å². The highest BCUT2D eigenvalue weighted by Crippen LogP contribution is 2.14. The number of piperidine rings is 1. The highest BCUT2D eigenvalue weighted by Gasteiger charge is 2.22. The Labute approximate surface area is 101 Å². The van der Waals surface area contributed by atoms with Crippen LogP contribution in [0.5, 0.6) is 0 Å². The number of rotatable bonds is 3. The van der Waals surface area contributed by atoms with E-state index in [0.717, 1.165) is 12.8 Å². The molecule has 1 saturated heterocycles. The van der Waals surface area contributed by atoms with Crippen LogP contribution < -0.4 is 11.5 Å². The molecule has 6 nitrogen and oxygen atoms in total. The molecule has 1 aliphatic heterocycles. The number of nitrogens with zero attached hydrogens (tertiary/aromatic N) is 2. The summed E-state index contributed by atoms with van der Waals surface area (Å²) in [5.41, 5.74) is 10.4. The Morgan fingerprint density at radius 1 is 1.47 bits per heavy atom. The molecule has 1 heterocycles. The molecule has 0 radical (unpaired) electrons. The average molecular weight is 238 g/mol. The monoisotopic (exact) mass is 238 g/mol. The number of hydrogen-bond donors (Lipinski definition) is 2. The number of urea groups is 1. The van der Waals surface area contributed by atoms with Crippen molar-refractivity contribution in [3.8, 4) is 0 Å². The fourth-order valence-electron chi connectivity index (χ4n) is 1.61. The summed E-state index contributed by atoms with van der Waals surface area (Å²) in [6, 6.07) is -0.382. The first-order valence-corrected chi connectivity index (χ1v) is 5.45. The number of carbonyl (C=O) groups excluding carboxylic acids is 1. The van der Waals surface area contributed by atoms with Crippen LogP contribution in [0, 0.1) is 0 Å². The van der Waals surface area contributed by atoms with E-state index in [0.29, 0.717) is 19.0 Å². The summed E-state index contributed by atoms with van der Waals surface area (Å²) in [4.78, 5) is 16.5. The van der Waals surface area contributed by atoms with E-state index in [1.54, 1.807) is 4.90 Å². The first-order chi connectivity index (χ1) is 8.17. The van der Waals surface area contributed by atoms with Crippen molar-refractivity contribution in [1.82, 2.24) is 4.90 Å². The summed E-state index contributed by atoms with van der Waals surface area (Å²) < 4.78 is 5.62. The molecule has 0 aromatic carbocycles. The minimum atomic E-state index is -0.382. The van der Waals surface area contributed by atoms with E-state index in [-0.39, 0.29) is 12.1 Å². The van der Waals surface area contributed by atoms with Gasteiger partial charge in [0.25, 0.3) is 0 Å². The molecule has 94 valence electrons. The van der Waals surface area contributed by atoms with Crippen LogP contribution in [-0.4, -0.2) is 36.0 Å². The van der Waals surface area contributed by atoms with Gasteiger partial charge in [0.1, 0.15) is 6.10 Å². The Hall–Kier alpha value is -1.98. The normalized spacial score (nSPS) is 18.4. The van der Waals surface area contributed by atoms with Crippen LogP contribution in [0.2, 0.25) is 0 Å². The van der Waals surface area contributed by atoms with Gasteiger partial charge in [-0.25, -0.2) is 9.79 Å². The largest absolute Gasteiger partial charge is 0.474 e. The van der Waals surface area contributed by atoms with Gasteiger partial charge in [-0.15, -0.1) is 0 Å². The van der Waals surface area contributed by atoms with Gasteiger partial charge in [-0.2, -0.15) is 0 Å². The number of aliphatic imine (C=N–C) groups is 1. The molecule has 1 fully saturated rings. The molecule has 1 rings (SSSR count). The highest BCUT2D eigenvalue weighted by atomic mass is 16.5. The van der Waals surface area contributed by atoms with E-state index in [1.165, 1.54) is 18.5 Å². The molecule has 6 heteroatoms. The van der Waals surface area contributed by atoms with E-state index < -0.39 is 0 Å². The maximum atomic E-state index is 10.9. The minimum absolute atomic E-state index is 0.0357. The minimum Gasteiger partial charge on any atom is -0.474 e. The third kappa shape index (κ3) is 4.18. The Morgan fingerprint density at radius 2 is 2.12 bits per heavy atom. The third-order valence-corrected chi connectivity index (χ3v) is 2.50. The van der Waals surface area contributed by atoms with Crippen LogP contribution in [0.15, 0.2) is 30.0 Å². The van der Waals surface area contributed by atoms with Crippen molar-refractivity contribution in [1.29, 1.82) is 0 Å². The SMILES string of the molecule is C=CC(=N/C=C\N)OC1CCN(C(N)=O)CC1. The summed E-state index contributed by atoms with van der Waals surface area (Å²) in [6.07, 6.45) is 5.80. The summed E-state index contributed by atoms with van der Waals surface area (Å²) >= 11 is 0. The lowest BCUT2D eigenvalue weighted by Crippen LogP contribution is -2.43. The molecule has 0 aromatic rings. The number of hydrogen-bond acceptors (Lipinski definition) is 4. The number of amides is 2. The second-order valence-corrected chi connectivity index (χ2v) is 3.66. The molecule has 0 bridgehead atoms. The molecular weight excluding hydrogens is 220 g/mol. The van der Waals surface area contributed by atoms with Crippen molar-refractivity contribution in [3.05, 3.63) is 25.1 Å². The molecule has 0 atom stereocenters. The summed E-state index contributed by atoms with van der Waals surface area (Å²) in [5.74, 6) is 0.434. The van der Waals surface area contributed by atoms with Gasteiger partial charge in [-0.1, -0.05) is 6.58 Å². The highest BCUT2D eigenvalue weighted by molar-refractivity contribution is 5.87. The summed E-state index contributed by atoms with van der Waals surface area (Å²) in [7, 11) is 0. The van der Waals surface area contributed by atoms with E-state index in [2.05, 4.69) is 11.6 Å². The standard InChI is InChI=1S/C11H18N4O2/c1-2-10(14-6-5-12)17-9-3-7-15(8-4-9)11(13)16/h2,5-6,9H,1,3-4,7-8,12H2,(H2,13,16)/b6-5-,14-10?.